The predicted molar refractivity (Wildman–Crippen MR) is 81.1 cm³/mol. The zero-order valence-electron chi connectivity index (χ0n) is 12.0. The molecule has 1 heterocycles. The standard InChI is InChI=1S/C15H20N2O2S/c1-11-10-20-15(16-11)8-17(2)14(9-18)12-4-6-13(19-3)7-5-12/h4-7,10,14,18H,8-9H2,1-3H3. The van der Waals surface area contributed by atoms with E-state index in [4.69, 9.17) is 4.74 Å². The van der Waals surface area contributed by atoms with Crippen LogP contribution >= 0.6 is 11.3 Å². The summed E-state index contributed by atoms with van der Waals surface area (Å²) in [5, 5.41) is 12.8. The summed E-state index contributed by atoms with van der Waals surface area (Å²) in [6.45, 7) is 2.80. The number of aliphatic hydroxyl groups excluding tert-OH is 1. The van der Waals surface area contributed by atoms with E-state index in [1.165, 1.54) is 0 Å². The minimum atomic E-state index is -0.0369. The Morgan fingerprint density at radius 2 is 2.05 bits per heavy atom. The van der Waals surface area contributed by atoms with Gasteiger partial charge in [-0.2, -0.15) is 0 Å². The van der Waals surface area contributed by atoms with Crippen LogP contribution in [0.25, 0.3) is 0 Å². The minimum absolute atomic E-state index is 0.0369. The molecule has 1 aromatic carbocycles. The summed E-state index contributed by atoms with van der Waals surface area (Å²) >= 11 is 1.65. The SMILES string of the molecule is COc1ccc(C(CO)N(C)Cc2nc(C)cs2)cc1. The lowest BCUT2D eigenvalue weighted by Crippen LogP contribution is -2.26. The van der Waals surface area contributed by atoms with E-state index in [-0.39, 0.29) is 12.6 Å². The molecule has 0 radical (unpaired) electrons. The molecule has 0 bridgehead atoms. The van der Waals surface area contributed by atoms with E-state index in [0.29, 0.717) is 0 Å². The summed E-state index contributed by atoms with van der Waals surface area (Å²) in [5.74, 6) is 0.823. The van der Waals surface area contributed by atoms with Crippen LogP contribution in [0.3, 0.4) is 0 Å². The van der Waals surface area contributed by atoms with Crippen LogP contribution in [0.15, 0.2) is 29.6 Å². The number of thiazole rings is 1. The molecule has 0 amide bonds. The number of likely N-dealkylation sites (N-methyl/N-ethyl adjacent to an activating group) is 1. The number of hydrogen-bond acceptors (Lipinski definition) is 5. The lowest BCUT2D eigenvalue weighted by Gasteiger charge is -2.26. The molecule has 0 aliphatic rings. The number of ether oxygens (including phenoxy) is 1. The molecular weight excluding hydrogens is 272 g/mol. The van der Waals surface area contributed by atoms with Crippen molar-refractivity contribution in [2.75, 3.05) is 20.8 Å². The number of rotatable bonds is 6. The Balaban J connectivity index is 2.09. The van der Waals surface area contributed by atoms with Gasteiger partial charge in [0, 0.05) is 11.1 Å². The Hall–Kier alpha value is -1.43. The number of hydrogen-bond donors (Lipinski definition) is 1. The summed E-state index contributed by atoms with van der Waals surface area (Å²) in [6, 6.07) is 7.77. The Kier molecular flexibility index (Phi) is 5.11. The molecule has 5 heteroatoms. The van der Waals surface area contributed by atoms with Crippen molar-refractivity contribution in [3.05, 3.63) is 45.9 Å². The van der Waals surface area contributed by atoms with Gasteiger partial charge >= 0.3 is 0 Å². The van der Waals surface area contributed by atoms with E-state index >= 15 is 0 Å². The highest BCUT2D eigenvalue weighted by atomic mass is 32.1. The number of nitrogens with zero attached hydrogens (tertiary/aromatic N) is 2. The average Bonchev–Trinajstić information content (AvgIpc) is 2.85. The molecule has 0 fully saturated rings. The van der Waals surface area contributed by atoms with Crippen LogP contribution in [0.1, 0.15) is 22.3 Å². The van der Waals surface area contributed by atoms with Crippen molar-refractivity contribution in [1.29, 1.82) is 0 Å². The molecule has 20 heavy (non-hydrogen) atoms. The van der Waals surface area contributed by atoms with E-state index in [9.17, 15) is 5.11 Å². The molecule has 2 aromatic rings. The van der Waals surface area contributed by atoms with Crippen molar-refractivity contribution in [2.45, 2.75) is 19.5 Å². The lowest BCUT2D eigenvalue weighted by atomic mass is 10.1. The third kappa shape index (κ3) is 3.56. The van der Waals surface area contributed by atoms with Crippen molar-refractivity contribution in [3.63, 3.8) is 0 Å². The van der Waals surface area contributed by atoms with Gasteiger partial charge in [0.2, 0.25) is 0 Å². The smallest absolute Gasteiger partial charge is 0.118 e. The molecule has 1 aromatic heterocycles. The van der Waals surface area contributed by atoms with Gasteiger partial charge < -0.3 is 9.84 Å². The average molecular weight is 292 g/mol. The summed E-state index contributed by atoms with van der Waals surface area (Å²) in [6.07, 6.45) is 0. The normalized spacial score (nSPS) is 12.7. The first-order chi connectivity index (χ1) is 9.63. The summed E-state index contributed by atoms with van der Waals surface area (Å²) < 4.78 is 5.16. The molecule has 1 atom stereocenters. The molecule has 0 aliphatic carbocycles. The van der Waals surface area contributed by atoms with E-state index in [1.807, 2.05) is 43.6 Å². The lowest BCUT2D eigenvalue weighted by molar-refractivity contribution is 0.142. The van der Waals surface area contributed by atoms with Crippen LogP contribution in [0.4, 0.5) is 0 Å². The second-order valence-electron chi connectivity index (χ2n) is 4.77. The Morgan fingerprint density at radius 1 is 1.35 bits per heavy atom. The van der Waals surface area contributed by atoms with Crippen molar-refractivity contribution in [1.82, 2.24) is 9.88 Å². The van der Waals surface area contributed by atoms with Gasteiger partial charge in [-0.1, -0.05) is 12.1 Å². The van der Waals surface area contributed by atoms with Gasteiger partial charge in [0.25, 0.3) is 0 Å². The number of aryl methyl sites for hydroxylation is 1. The van der Waals surface area contributed by atoms with E-state index in [0.717, 1.165) is 28.6 Å². The first-order valence-electron chi connectivity index (χ1n) is 6.50. The van der Waals surface area contributed by atoms with Crippen molar-refractivity contribution >= 4 is 11.3 Å². The highest BCUT2D eigenvalue weighted by molar-refractivity contribution is 7.09. The van der Waals surface area contributed by atoms with Gasteiger partial charge in [-0.15, -0.1) is 11.3 Å². The number of benzene rings is 1. The van der Waals surface area contributed by atoms with E-state index in [2.05, 4.69) is 9.88 Å². The number of aliphatic hydroxyl groups is 1. The third-order valence-electron chi connectivity index (χ3n) is 3.26. The third-order valence-corrected chi connectivity index (χ3v) is 4.21. The maximum atomic E-state index is 9.67. The zero-order chi connectivity index (χ0) is 14.5. The quantitative estimate of drug-likeness (QED) is 0.889. The number of methoxy groups -OCH3 is 1. The summed E-state index contributed by atoms with van der Waals surface area (Å²) in [7, 11) is 3.65. The highest BCUT2D eigenvalue weighted by Crippen LogP contribution is 2.24. The molecule has 2 rings (SSSR count). The van der Waals surface area contributed by atoms with Gasteiger partial charge in [0.15, 0.2) is 0 Å². The van der Waals surface area contributed by atoms with Gasteiger partial charge in [-0.25, -0.2) is 4.98 Å². The topological polar surface area (TPSA) is 45.6 Å². The molecule has 4 nitrogen and oxygen atoms in total. The van der Waals surface area contributed by atoms with Gasteiger partial charge in [-0.3, -0.25) is 4.90 Å². The Bertz CT molecular complexity index is 539. The fraction of sp³-hybridized carbons (Fsp3) is 0.400. The summed E-state index contributed by atoms with van der Waals surface area (Å²) in [4.78, 5) is 6.57. The van der Waals surface area contributed by atoms with E-state index < -0.39 is 0 Å². The molecule has 0 spiro atoms. The molecule has 1 unspecified atom stereocenters. The van der Waals surface area contributed by atoms with Crippen LogP contribution in [0.5, 0.6) is 5.75 Å². The first kappa shape index (κ1) is 15.0. The highest BCUT2D eigenvalue weighted by Gasteiger charge is 2.17. The second kappa shape index (κ2) is 6.83. The zero-order valence-corrected chi connectivity index (χ0v) is 12.9. The van der Waals surface area contributed by atoms with Crippen LogP contribution in [0.2, 0.25) is 0 Å². The minimum Gasteiger partial charge on any atom is -0.497 e. The van der Waals surface area contributed by atoms with Crippen molar-refractivity contribution in [2.24, 2.45) is 0 Å². The van der Waals surface area contributed by atoms with E-state index in [1.54, 1.807) is 18.4 Å². The molecule has 108 valence electrons. The second-order valence-corrected chi connectivity index (χ2v) is 5.71. The molecule has 0 saturated carbocycles. The fourth-order valence-electron chi connectivity index (χ4n) is 2.12. The molecule has 1 N–H and O–H groups in total. The Morgan fingerprint density at radius 3 is 2.55 bits per heavy atom. The molecular formula is C15H20N2O2S. The van der Waals surface area contributed by atoms with Crippen LogP contribution in [-0.4, -0.2) is 35.8 Å². The molecule has 0 saturated heterocycles. The van der Waals surface area contributed by atoms with Crippen LogP contribution in [-0.2, 0) is 6.54 Å². The maximum Gasteiger partial charge on any atom is 0.118 e. The van der Waals surface area contributed by atoms with Crippen molar-refractivity contribution < 1.29 is 9.84 Å². The van der Waals surface area contributed by atoms with Crippen molar-refractivity contribution in [3.8, 4) is 5.75 Å². The monoisotopic (exact) mass is 292 g/mol. The predicted octanol–water partition coefficient (Wildman–Crippen LogP) is 2.63. The van der Waals surface area contributed by atoms with Gasteiger partial charge in [-0.05, 0) is 31.7 Å². The van der Waals surface area contributed by atoms with Crippen LogP contribution in [0, 0.1) is 6.92 Å². The van der Waals surface area contributed by atoms with Gasteiger partial charge in [0.05, 0.1) is 26.3 Å². The molecule has 0 aliphatic heterocycles. The largest absolute Gasteiger partial charge is 0.497 e. The maximum absolute atomic E-state index is 9.67. The van der Waals surface area contributed by atoms with Gasteiger partial charge in [0.1, 0.15) is 10.8 Å². The first-order valence-corrected chi connectivity index (χ1v) is 7.38. The Labute approximate surface area is 123 Å². The summed E-state index contributed by atoms with van der Waals surface area (Å²) in [5.41, 5.74) is 2.12. The fourth-order valence-corrected chi connectivity index (χ4v) is 2.96. The van der Waals surface area contributed by atoms with Crippen LogP contribution < -0.4 is 4.74 Å². The number of aromatic nitrogens is 1.